The monoisotopic (exact) mass is 252 g/mol. The number of aryl methyl sites for hydroxylation is 1. The smallest absolute Gasteiger partial charge is 0.238 e. The van der Waals surface area contributed by atoms with E-state index < -0.39 is 5.54 Å². The van der Waals surface area contributed by atoms with Crippen molar-refractivity contribution in [3.8, 4) is 0 Å². The predicted molar refractivity (Wildman–Crippen MR) is 73.2 cm³/mol. The van der Waals surface area contributed by atoms with Crippen molar-refractivity contribution in [1.29, 1.82) is 0 Å². The van der Waals surface area contributed by atoms with Crippen LogP contribution in [-0.2, 0) is 4.79 Å². The molecule has 4 heteroatoms. The number of carbonyl (C=O) groups is 1. The van der Waals surface area contributed by atoms with Crippen LogP contribution in [0.25, 0.3) is 0 Å². The molecule has 0 aliphatic rings. The number of hydrogen-bond donors (Lipinski definition) is 2. The minimum atomic E-state index is -0.649. The van der Waals surface area contributed by atoms with E-state index in [-0.39, 0.29) is 5.91 Å². The minimum Gasteiger partial charge on any atom is -0.368 e. The molecule has 1 amide bonds. The second-order valence-electron chi connectivity index (χ2n) is 4.33. The molecule has 0 saturated heterocycles. The number of likely N-dealkylation sites (N-methyl/N-ethyl adjacent to an activating group) is 1. The fraction of sp³-hybridized carbons (Fsp3) is 0.462. The first-order valence-corrected chi connectivity index (χ1v) is 6.71. The van der Waals surface area contributed by atoms with Crippen LogP contribution in [0.3, 0.4) is 0 Å². The van der Waals surface area contributed by atoms with E-state index in [0.717, 1.165) is 11.4 Å². The summed E-state index contributed by atoms with van der Waals surface area (Å²) in [7, 11) is 0. The first-order valence-electron chi connectivity index (χ1n) is 5.72. The molecule has 94 valence electrons. The molecule has 3 nitrogen and oxygen atoms in total. The number of carbonyl (C=O) groups excluding carboxylic acids is 1. The van der Waals surface area contributed by atoms with E-state index in [1.165, 1.54) is 5.56 Å². The normalized spacial score (nSPS) is 14.3. The Morgan fingerprint density at radius 2 is 2.00 bits per heavy atom. The standard InChI is InChI=1S/C13H20N2OS/c1-4-15-13(3,12(14)16)9-17-11-7-5-10(2)6-8-11/h5-8,15H,4,9H2,1-3H3,(H2,14,16). The molecule has 1 atom stereocenters. The molecule has 1 unspecified atom stereocenters. The van der Waals surface area contributed by atoms with Crippen LogP contribution < -0.4 is 11.1 Å². The first kappa shape index (κ1) is 14.1. The summed E-state index contributed by atoms with van der Waals surface area (Å²) in [6.07, 6.45) is 0. The summed E-state index contributed by atoms with van der Waals surface area (Å²) >= 11 is 1.64. The molecular weight excluding hydrogens is 232 g/mol. The van der Waals surface area contributed by atoms with Gasteiger partial charge in [-0.15, -0.1) is 11.8 Å². The summed E-state index contributed by atoms with van der Waals surface area (Å²) < 4.78 is 0. The summed E-state index contributed by atoms with van der Waals surface area (Å²) in [5.41, 5.74) is 6.02. The highest BCUT2D eigenvalue weighted by molar-refractivity contribution is 7.99. The summed E-state index contributed by atoms with van der Waals surface area (Å²) in [4.78, 5) is 12.6. The molecule has 0 aliphatic carbocycles. The van der Waals surface area contributed by atoms with Gasteiger partial charge < -0.3 is 11.1 Å². The van der Waals surface area contributed by atoms with Crippen molar-refractivity contribution in [2.24, 2.45) is 5.73 Å². The molecule has 0 bridgehead atoms. The van der Waals surface area contributed by atoms with Crippen molar-refractivity contribution in [1.82, 2.24) is 5.32 Å². The Balaban J connectivity index is 2.64. The number of primary amides is 1. The zero-order valence-corrected chi connectivity index (χ0v) is 11.4. The Hall–Kier alpha value is -1.00. The van der Waals surface area contributed by atoms with Crippen molar-refractivity contribution in [3.63, 3.8) is 0 Å². The number of rotatable bonds is 6. The number of hydrogen-bond acceptors (Lipinski definition) is 3. The van der Waals surface area contributed by atoms with E-state index in [1.807, 2.05) is 13.8 Å². The number of nitrogens with two attached hydrogens (primary N) is 1. The molecule has 0 aliphatic heterocycles. The molecule has 0 heterocycles. The van der Waals surface area contributed by atoms with Gasteiger partial charge in [-0.2, -0.15) is 0 Å². The third-order valence-corrected chi connectivity index (χ3v) is 3.99. The van der Waals surface area contributed by atoms with E-state index in [0.29, 0.717) is 5.75 Å². The van der Waals surface area contributed by atoms with Gasteiger partial charge in [0.2, 0.25) is 5.91 Å². The maximum atomic E-state index is 11.4. The van der Waals surface area contributed by atoms with Crippen molar-refractivity contribution in [3.05, 3.63) is 29.8 Å². The Morgan fingerprint density at radius 3 is 2.47 bits per heavy atom. The Bertz CT molecular complexity index is 378. The van der Waals surface area contributed by atoms with Crippen molar-refractivity contribution in [2.75, 3.05) is 12.3 Å². The molecule has 1 aromatic carbocycles. The van der Waals surface area contributed by atoms with Gasteiger partial charge in [0, 0.05) is 10.6 Å². The molecule has 0 radical (unpaired) electrons. The average molecular weight is 252 g/mol. The Labute approximate surface area is 107 Å². The molecule has 0 spiro atoms. The Morgan fingerprint density at radius 1 is 1.41 bits per heavy atom. The zero-order valence-electron chi connectivity index (χ0n) is 10.6. The zero-order chi connectivity index (χ0) is 12.9. The summed E-state index contributed by atoms with van der Waals surface area (Å²) in [6, 6.07) is 8.26. The molecule has 0 fully saturated rings. The van der Waals surface area contributed by atoms with Crippen molar-refractivity contribution < 1.29 is 4.79 Å². The molecular formula is C13H20N2OS. The Kier molecular flexibility index (Phi) is 5.02. The van der Waals surface area contributed by atoms with Gasteiger partial charge in [-0.3, -0.25) is 4.79 Å². The second kappa shape index (κ2) is 6.07. The van der Waals surface area contributed by atoms with Gasteiger partial charge in [0.1, 0.15) is 5.54 Å². The van der Waals surface area contributed by atoms with E-state index >= 15 is 0 Å². The summed E-state index contributed by atoms with van der Waals surface area (Å²) in [5, 5.41) is 3.14. The average Bonchev–Trinajstić information content (AvgIpc) is 2.28. The van der Waals surface area contributed by atoms with Crippen LogP contribution in [0.2, 0.25) is 0 Å². The van der Waals surface area contributed by atoms with Crippen LogP contribution in [0.4, 0.5) is 0 Å². The van der Waals surface area contributed by atoms with Crippen LogP contribution in [0, 0.1) is 6.92 Å². The van der Waals surface area contributed by atoms with E-state index in [4.69, 9.17) is 5.73 Å². The number of benzene rings is 1. The highest BCUT2D eigenvalue weighted by Gasteiger charge is 2.29. The fourth-order valence-corrected chi connectivity index (χ4v) is 2.49. The highest BCUT2D eigenvalue weighted by Crippen LogP contribution is 2.22. The van der Waals surface area contributed by atoms with Gasteiger partial charge in [-0.25, -0.2) is 0 Å². The minimum absolute atomic E-state index is 0.307. The molecule has 17 heavy (non-hydrogen) atoms. The lowest BCUT2D eigenvalue weighted by Gasteiger charge is -2.26. The largest absolute Gasteiger partial charge is 0.368 e. The topological polar surface area (TPSA) is 55.1 Å². The number of nitrogens with one attached hydrogen (secondary N) is 1. The van der Waals surface area contributed by atoms with Gasteiger partial charge in [0.05, 0.1) is 0 Å². The lowest BCUT2D eigenvalue weighted by molar-refractivity contribution is -0.122. The van der Waals surface area contributed by atoms with Gasteiger partial charge >= 0.3 is 0 Å². The first-order chi connectivity index (χ1) is 7.98. The van der Waals surface area contributed by atoms with Gasteiger partial charge in [-0.05, 0) is 32.5 Å². The van der Waals surface area contributed by atoms with Crippen LogP contribution in [0.1, 0.15) is 19.4 Å². The number of thioether (sulfide) groups is 1. The molecule has 1 aromatic rings. The van der Waals surface area contributed by atoms with Gasteiger partial charge in [0.15, 0.2) is 0 Å². The fourth-order valence-electron chi connectivity index (χ4n) is 1.46. The molecule has 0 saturated carbocycles. The summed E-state index contributed by atoms with van der Waals surface area (Å²) in [5.74, 6) is 0.332. The highest BCUT2D eigenvalue weighted by atomic mass is 32.2. The van der Waals surface area contributed by atoms with E-state index in [9.17, 15) is 4.79 Å². The van der Waals surface area contributed by atoms with Crippen molar-refractivity contribution >= 4 is 17.7 Å². The number of amides is 1. The quantitative estimate of drug-likeness (QED) is 0.761. The van der Waals surface area contributed by atoms with Crippen LogP contribution >= 0.6 is 11.8 Å². The lowest BCUT2D eigenvalue weighted by Crippen LogP contribution is -2.55. The molecule has 1 rings (SSSR count). The lowest BCUT2D eigenvalue weighted by atomic mass is 10.1. The second-order valence-corrected chi connectivity index (χ2v) is 5.38. The van der Waals surface area contributed by atoms with Crippen LogP contribution in [0.5, 0.6) is 0 Å². The van der Waals surface area contributed by atoms with Crippen LogP contribution in [0.15, 0.2) is 29.2 Å². The van der Waals surface area contributed by atoms with Gasteiger partial charge in [0.25, 0.3) is 0 Å². The van der Waals surface area contributed by atoms with Crippen molar-refractivity contribution in [2.45, 2.75) is 31.2 Å². The third kappa shape index (κ3) is 4.06. The van der Waals surface area contributed by atoms with Crippen LogP contribution in [-0.4, -0.2) is 23.7 Å². The molecule has 3 N–H and O–H groups in total. The molecule has 0 aromatic heterocycles. The maximum Gasteiger partial charge on any atom is 0.238 e. The van der Waals surface area contributed by atoms with Gasteiger partial charge in [-0.1, -0.05) is 24.6 Å². The van der Waals surface area contributed by atoms with E-state index in [1.54, 1.807) is 11.8 Å². The predicted octanol–water partition coefficient (Wildman–Crippen LogP) is 1.94. The summed E-state index contributed by atoms with van der Waals surface area (Å²) in [6.45, 7) is 6.60. The maximum absolute atomic E-state index is 11.4. The third-order valence-electron chi connectivity index (χ3n) is 2.66. The SMILES string of the molecule is CCNC(C)(CSc1ccc(C)cc1)C(N)=O. The van der Waals surface area contributed by atoms with E-state index in [2.05, 4.69) is 36.5 Å².